The molecule has 0 bridgehead atoms. The molecule has 0 radical (unpaired) electrons. The van der Waals surface area contributed by atoms with Gasteiger partial charge in [0.25, 0.3) is 5.91 Å². The number of benzene rings is 2. The van der Waals surface area contributed by atoms with E-state index in [1.807, 2.05) is 30.3 Å². The zero-order valence-corrected chi connectivity index (χ0v) is 16.7. The number of carbonyl (C=O) groups excluding carboxylic acids is 2. The molecule has 1 aliphatic rings. The second-order valence-electron chi connectivity index (χ2n) is 5.39. The van der Waals surface area contributed by atoms with Crippen LogP contribution in [0.15, 0.2) is 58.4 Å². The van der Waals surface area contributed by atoms with E-state index in [0.29, 0.717) is 25.7 Å². The van der Waals surface area contributed by atoms with Gasteiger partial charge in [-0.15, -0.1) is 0 Å². The van der Waals surface area contributed by atoms with Crippen molar-refractivity contribution >= 4 is 63.1 Å². The zero-order valence-electron chi connectivity index (χ0n) is 14.3. The van der Waals surface area contributed by atoms with E-state index in [2.05, 4.69) is 10.3 Å². The number of carbonyl (C=O) groups is 2. The van der Waals surface area contributed by atoms with Crippen molar-refractivity contribution in [2.75, 3.05) is 18.2 Å². The Balaban J connectivity index is 1.54. The second kappa shape index (κ2) is 9.12. The molecule has 1 N–H and O–H groups in total. The van der Waals surface area contributed by atoms with Gasteiger partial charge in [0.2, 0.25) is 5.91 Å². The van der Waals surface area contributed by atoms with Crippen LogP contribution >= 0.6 is 35.1 Å². The van der Waals surface area contributed by atoms with Crippen LogP contribution in [-0.4, -0.2) is 29.1 Å². The lowest BCUT2D eigenvalue weighted by Crippen LogP contribution is -2.14. The number of rotatable bonds is 5. The first-order chi connectivity index (χ1) is 13.0. The molecular formula is C19H15ClN2O3S2. The van der Waals surface area contributed by atoms with Gasteiger partial charge in [0.05, 0.1) is 22.8 Å². The number of nitrogens with one attached hydrogen (secondary N) is 1. The molecule has 27 heavy (non-hydrogen) atoms. The number of anilines is 1. The highest BCUT2D eigenvalue weighted by molar-refractivity contribution is 8.41. The molecule has 0 saturated heterocycles. The van der Waals surface area contributed by atoms with Crippen LogP contribution in [0.25, 0.3) is 6.08 Å². The maximum atomic E-state index is 12.1. The quantitative estimate of drug-likeness (QED) is 0.713. The predicted octanol–water partition coefficient (Wildman–Crippen LogP) is 4.69. The van der Waals surface area contributed by atoms with Gasteiger partial charge in [-0.25, -0.2) is 0 Å². The molecular weight excluding hydrogens is 404 g/mol. The Morgan fingerprint density at radius 1 is 1.30 bits per heavy atom. The number of methoxy groups -OCH3 is 1. The van der Waals surface area contributed by atoms with Gasteiger partial charge >= 0.3 is 0 Å². The van der Waals surface area contributed by atoms with E-state index in [-0.39, 0.29) is 17.6 Å². The monoisotopic (exact) mass is 418 g/mol. The van der Waals surface area contributed by atoms with Crippen LogP contribution < -0.4 is 10.1 Å². The smallest absolute Gasteiger partial charge is 0.285 e. The molecule has 2 aromatic carbocycles. The van der Waals surface area contributed by atoms with Crippen molar-refractivity contribution in [1.29, 1.82) is 0 Å². The second-order valence-corrected chi connectivity index (χ2v) is 8.05. The van der Waals surface area contributed by atoms with E-state index in [1.165, 1.54) is 30.6 Å². The molecule has 2 aromatic rings. The summed E-state index contributed by atoms with van der Waals surface area (Å²) in [6.07, 6.45) is 1.80. The number of thioether (sulfide) groups is 2. The topological polar surface area (TPSA) is 67.8 Å². The van der Waals surface area contributed by atoms with Crippen molar-refractivity contribution in [2.24, 2.45) is 4.99 Å². The summed E-state index contributed by atoms with van der Waals surface area (Å²) in [5.74, 6) is 0.185. The number of hydrogen-bond donors (Lipinski definition) is 1. The molecule has 2 amide bonds. The van der Waals surface area contributed by atoms with E-state index in [1.54, 1.807) is 24.3 Å². The van der Waals surface area contributed by atoms with Gasteiger partial charge in [-0.2, -0.15) is 4.99 Å². The van der Waals surface area contributed by atoms with Crippen molar-refractivity contribution in [3.63, 3.8) is 0 Å². The van der Waals surface area contributed by atoms with Crippen molar-refractivity contribution < 1.29 is 14.3 Å². The molecule has 8 heteroatoms. The van der Waals surface area contributed by atoms with E-state index in [9.17, 15) is 9.59 Å². The van der Waals surface area contributed by atoms with E-state index < -0.39 is 0 Å². The third-order valence-electron chi connectivity index (χ3n) is 3.46. The first kappa shape index (κ1) is 19.5. The first-order valence-electron chi connectivity index (χ1n) is 7.89. The molecule has 1 heterocycles. The van der Waals surface area contributed by atoms with Gasteiger partial charge in [-0.3, -0.25) is 9.59 Å². The summed E-state index contributed by atoms with van der Waals surface area (Å²) in [5, 5.41) is 3.17. The summed E-state index contributed by atoms with van der Waals surface area (Å²) in [5.41, 5.74) is 1.51. The SMILES string of the molecule is COc1ccc(NC(=O)CSC2=NC(=O)/C(=C\c3ccccc3)S2)cc1Cl. The highest BCUT2D eigenvalue weighted by Gasteiger charge is 2.22. The summed E-state index contributed by atoms with van der Waals surface area (Å²) in [7, 11) is 1.53. The number of hydrogen-bond acceptors (Lipinski definition) is 5. The summed E-state index contributed by atoms with van der Waals surface area (Å²) < 4.78 is 5.64. The summed E-state index contributed by atoms with van der Waals surface area (Å²) >= 11 is 8.54. The third-order valence-corrected chi connectivity index (χ3v) is 5.88. The van der Waals surface area contributed by atoms with Crippen LogP contribution in [0.2, 0.25) is 5.02 Å². The fourth-order valence-electron chi connectivity index (χ4n) is 2.22. The van der Waals surface area contributed by atoms with Crippen LogP contribution in [0.3, 0.4) is 0 Å². The number of amides is 2. The highest BCUT2D eigenvalue weighted by Crippen LogP contribution is 2.34. The van der Waals surface area contributed by atoms with Gasteiger partial charge in [-0.05, 0) is 29.8 Å². The van der Waals surface area contributed by atoms with Crippen molar-refractivity contribution in [3.8, 4) is 5.75 Å². The van der Waals surface area contributed by atoms with Crippen LogP contribution in [0, 0.1) is 0 Å². The largest absolute Gasteiger partial charge is 0.495 e. The average molecular weight is 419 g/mol. The van der Waals surface area contributed by atoms with Gasteiger partial charge < -0.3 is 10.1 Å². The Hall–Kier alpha value is -2.22. The van der Waals surface area contributed by atoms with Gasteiger partial charge in [0, 0.05) is 5.69 Å². The highest BCUT2D eigenvalue weighted by atomic mass is 35.5. The first-order valence-corrected chi connectivity index (χ1v) is 10.1. The van der Waals surface area contributed by atoms with Crippen LogP contribution in [-0.2, 0) is 9.59 Å². The molecule has 0 aromatic heterocycles. The molecule has 0 atom stereocenters. The van der Waals surface area contributed by atoms with Gasteiger partial charge in [0.15, 0.2) is 0 Å². The Morgan fingerprint density at radius 3 is 2.78 bits per heavy atom. The maximum absolute atomic E-state index is 12.1. The molecule has 0 spiro atoms. The molecule has 138 valence electrons. The molecule has 0 unspecified atom stereocenters. The predicted molar refractivity (Wildman–Crippen MR) is 114 cm³/mol. The third kappa shape index (κ3) is 5.38. The minimum absolute atomic E-state index is 0.140. The average Bonchev–Trinajstić information content (AvgIpc) is 3.00. The molecule has 5 nitrogen and oxygen atoms in total. The summed E-state index contributed by atoms with van der Waals surface area (Å²) in [6.45, 7) is 0. The Bertz CT molecular complexity index is 930. The lowest BCUT2D eigenvalue weighted by atomic mass is 10.2. The number of halogens is 1. The van der Waals surface area contributed by atoms with Crippen molar-refractivity contribution in [2.45, 2.75) is 0 Å². The fraction of sp³-hybridized carbons (Fsp3) is 0.105. The van der Waals surface area contributed by atoms with Crippen LogP contribution in [0.1, 0.15) is 5.56 Å². The van der Waals surface area contributed by atoms with Crippen LogP contribution in [0.5, 0.6) is 5.75 Å². The van der Waals surface area contributed by atoms with Crippen LogP contribution in [0.4, 0.5) is 5.69 Å². The summed E-state index contributed by atoms with van der Waals surface area (Å²) in [4.78, 5) is 28.7. The normalized spacial score (nSPS) is 15.0. The standard InChI is InChI=1S/C19H15ClN2O3S2/c1-25-15-8-7-13(10-14(15)20)21-17(23)11-26-19-22-18(24)16(27-19)9-12-5-3-2-4-6-12/h2-10H,11H2,1H3,(H,21,23)/b16-9+. The number of aliphatic imine (C=N–C) groups is 1. The zero-order chi connectivity index (χ0) is 19.2. The van der Waals surface area contributed by atoms with Crippen molar-refractivity contribution in [1.82, 2.24) is 0 Å². The lowest BCUT2D eigenvalue weighted by Gasteiger charge is -2.07. The maximum Gasteiger partial charge on any atom is 0.285 e. The van der Waals surface area contributed by atoms with Crippen molar-refractivity contribution in [3.05, 3.63) is 64.0 Å². The van der Waals surface area contributed by atoms with E-state index in [4.69, 9.17) is 16.3 Å². The minimum Gasteiger partial charge on any atom is -0.495 e. The molecule has 1 aliphatic heterocycles. The van der Waals surface area contributed by atoms with Gasteiger partial charge in [0.1, 0.15) is 10.1 Å². The summed E-state index contributed by atoms with van der Waals surface area (Å²) in [6, 6.07) is 14.6. The number of nitrogens with zero attached hydrogens (tertiary/aromatic N) is 1. The van der Waals surface area contributed by atoms with E-state index >= 15 is 0 Å². The molecule has 3 rings (SSSR count). The van der Waals surface area contributed by atoms with Gasteiger partial charge in [-0.1, -0.05) is 65.5 Å². The Morgan fingerprint density at radius 2 is 2.07 bits per heavy atom. The lowest BCUT2D eigenvalue weighted by molar-refractivity contribution is -0.114. The Labute approximate surface area is 170 Å². The molecule has 0 fully saturated rings. The van der Waals surface area contributed by atoms with E-state index in [0.717, 1.165) is 5.56 Å². The molecule has 0 aliphatic carbocycles. The minimum atomic E-state index is -0.284. The Kier molecular flexibility index (Phi) is 6.60. The number of ether oxygens (including phenoxy) is 1. The fourth-order valence-corrected chi connectivity index (χ4v) is 4.28. The molecule has 0 saturated carbocycles.